The fourth-order valence-electron chi connectivity index (χ4n) is 1.64. The van der Waals surface area contributed by atoms with Crippen molar-refractivity contribution in [3.8, 4) is 6.07 Å². The zero-order valence-electron chi connectivity index (χ0n) is 10.5. The number of esters is 1. The predicted octanol–water partition coefficient (Wildman–Crippen LogP) is 1.98. The van der Waals surface area contributed by atoms with Crippen LogP contribution in [0.1, 0.15) is 28.5 Å². The molecule has 0 saturated carbocycles. The highest BCUT2D eigenvalue weighted by molar-refractivity contribution is 5.86. The van der Waals surface area contributed by atoms with Crippen LogP contribution >= 0.6 is 0 Å². The van der Waals surface area contributed by atoms with E-state index < -0.39 is 5.97 Å². The van der Waals surface area contributed by atoms with Crippen molar-refractivity contribution in [2.75, 3.05) is 6.61 Å². The number of aromatic nitrogens is 2. The Morgan fingerprint density at radius 3 is 2.74 bits per heavy atom. The molecular formula is C14H13N3O2. The maximum atomic E-state index is 11.5. The quantitative estimate of drug-likeness (QED) is 0.783. The number of carbonyl (C=O) groups is 1. The summed E-state index contributed by atoms with van der Waals surface area (Å²) >= 11 is 0. The van der Waals surface area contributed by atoms with Crippen LogP contribution in [0.25, 0.3) is 0 Å². The van der Waals surface area contributed by atoms with Gasteiger partial charge >= 0.3 is 5.97 Å². The third kappa shape index (κ3) is 3.19. The van der Waals surface area contributed by atoms with Gasteiger partial charge in [-0.2, -0.15) is 10.4 Å². The molecule has 0 radical (unpaired) electrons. The fraction of sp³-hybridized carbons (Fsp3) is 0.214. The van der Waals surface area contributed by atoms with E-state index in [0.717, 1.165) is 5.56 Å². The van der Waals surface area contributed by atoms with Crippen LogP contribution in [0.2, 0.25) is 0 Å². The highest BCUT2D eigenvalue weighted by Crippen LogP contribution is 2.06. The number of nitriles is 1. The summed E-state index contributed by atoms with van der Waals surface area (Å²) in [4.78, 5) is 11.5. The topological polar surface area (TPSA) is 67.9 Å². The van der Waals surface area contributed by atoms with Gasteiger partial charge in [-0.3, -0.25) is 4.68 Å². The molecule has 19 heavy (non-hydrogen) atoms. The molecule has 1 aromatic heterocycles. The zero-order valence-corrected chi connectivity index (χ0v) is 10.5. The summed E-state index contributed by atoms with van der Waals surface area (Å²) in [5.41, 5.74) is 1.93. The van der Waals surface area contributed by atoms with Crippen LogP contribution in [0.4, 0.5) is 0 Å². The summed E-state index contributed by atoms with van der Waals surface area (Å²) in [6.07, 6.45) is 1.73. The average Bonchev–Trinajstić information content (AvgIpc) is 2.88. The monoisotopic (exact) mass is 255 g/mol. The van der Waals surface area contributed by atoms with Crippen LogP contribution in [0.15, 0.2) is 36.5 Å². The number of hydrogen-bond acceptors (Lipinski definition) is 4. The third-order valence-electron chi connectivity index (χ3n) is 2.55. The lowest BCUT2D eigenvalue weighted by atomic mass is 10.1. The molecule has 0 aliphatic rings. The first-order valence-corrected chi connectivity index (χ1v) is 5.92. The molecule has 96 valence electrons. The Morgan fingerprint density at radius 1 is 1.37 bits per heavy atom. The van der Waals surface area contributed by atoms with E-state index in [1.54, 1.807) is 36.0 Å². The van der Waals surface area contributed by atoms with Crippen LogP contribution in [-0.2, 0) is 11.3 Å². The van der Waals surface area contributed by atoms with Crippen LogP contribution in [0.5, 0.6) is 0 Å². The van der Waals surface area contributed by atoms with Crippen LogP contribution < -0.4 is 0 Å². The molecular weight excluding hydrogens is 242 g/mol. The molecule has 1 heterocycles. The molecule has 0 fully saturated rings. The summed E-state index contributed by atoms with van der Waals surface area (Å²) in [5, 5.41) is 12.9. The maximum absolute atomic E-state index is 11.5. The van der Waals surface area contributed by atoms with E-state index >= 15 is 0 Å². The Morgan fingerprint density at radius 2 is 2.11 bits per heavy atom. The Bertz CT molecular complexity index is 608. The van der Waals surface area contributed by atoms with E-state index in [0.29, 0.717) is 24.4 Å². The highest BCUT2D eigenvalue weighted by Gasteiger charge is 2.10. The van der Waals surface area contributed by atoms with Crippen molar-refractivity contribution in [1.82, 2.24) is 9.78 Å². The van der Waals surface area contributed by atoms with E-state index in [1.807, 2.05) is 12.1 Å². The van der Waals surface area contributed by atoms with Gasteiger partial charge in [0.25, 0.3) is 0 Å². The number of rotatable bonds is 4. The Hall–Kier alpha value is -2.61. The van der Waals surface area contributed by atoms with Crippen LogP contribution in [0.3, 0.4) is 0 Å². The van der Waals surface area contributed by atoms with Gasteiger partial charge in [0.15, 0.2) is 5.69 Å². The molecule has 0 spiro atoms. The molecule has 0 unspecified atom stereocenters. The fourth-order valence-corrected chi connectivity index (χ4v) is 1.64. The lowest BCUT2D eigenvalue weighted by Crippen LogP contribution is -2.07. The molecule has 0 amide bonds. The number of nitrogens with zero attached hydrogens (tertiary/aromatic N) is 3. The SMILES string of the molecule is CCOC(=O)c1ccn(Cc2ccc(C#N)cc2)n1. The van der Waals surface area contributed by atoms with Gasteiger partial charge in [-0.05, 0) is 30.7 Å². The van der Waals surface area contributed by atoms with E-state index in [1.165, 1.54) is 0 Å². The lowest BCUT2D eigenvalue weighted by Gasteiger charge is -2.02. The first-order chi connectivity index (χ1) is 9.22. The standard InChI is InChI=1S/C14H13N3O2/c1-2-19-14(18)13-7-8-17(16-13)10-12-5-3-11(9-15)4-6-12/h3-8H,2,10H2,1H3. The van der Waals surface area contributed by atoms with Crippen molar-refractivity contribution in [1.29, 1.82) is 5.26 Å². The van der Waals surface area contributed by atoms with Gasteiger partial charge in [0, 0.05) is 6.20 Å². The largest absolute Gasteiger partial charge is 0.461 e. The molecule has 2 aromatic rings. The second kappa shape index (κ2) is 5.83. The molecule has 5 nitrogen and oxygen atoms in total. The number of ether oxygens (including phenoxy) is 1. The van der Waals surface area contributed by atoms with Crippen molar-refractivity contribution >= 4 is 5.97 Å². The molecule has 0 N–H and O–H groups in total. The number of benzene rings is 1. The molecule has 2 rings (SSSR count). The molecule has 5 heteroatoms. The molecule has 0 bridgehead atoms. The first-order valence-electron chi connectivity index (χ1n) is 5.92. The van der Waals surface area contributed by atoms with E-state index in [9.17, 15) is 4.79 Å². The minimum Gasteiger partial charge on any atom is -0.461 e. The van der Waals surface area contributed by atoms with Crippen molar-refractivity contribution in [3.63, 3.8) is 0 Å². The third-order valence-corrected chi connectivity index (χ3v) is 2.55. The summed E-state index contributed by atoms with van der Waals surface area (Å²) < 4.78 is 6.53. The highest BCUT2D eigenvalue weighted by atomic mass is 16.5. The summed E-state index contributed by atoms with van der Waals surface area (Å²) in [7, 11) is 0. The number of hydrogen-bond donors (Lipinski definition) is 0. The normalized spacial score (nSPS) is 9.89. The summed E-state index contributed by atoms with van der Waals surface area (Å²) in [6, 6.07) is 10.9. The second-order valence-corrected chi connectivity index (χ2v) is 3.93. The van der Waals surface area contributed by atoms with Crippen LogP contribution in [0, 0.1) is 11.3 Å². The average molecular weight is 255 g/mol. The Kier molecular flexibility index (Phi) is 3.94. The van der Waals surface area contributed by atoms with Gasteiger partial charge in [-0.25, -0.2) is 4.79 Å². The lowest BCUT2D eigenvalue weighted by molar-refractivity contribution is 0.0518. The second-order valence-electron chi connectivity index (χ2n) is 3.93. The van der Waals surface area contributed by atoms with E-state index in [-0.39, 0.29) is 0 Å². The van der Waals surface area contributed by atoms with Crippen LogP contribution in [-0.4, -0.2) is 22.4 Å². The summed E-state index contributed by atoms with van der Waals surface area (Å²) in [6.45, 7) is 2.64. The minimum atomic E-state index is -0.416. The van der Waals surface area contributed by atoms with Gasteiger partial charge < -0.3 is 4.74 Å². The van der Waals surface area contributed by atoms with Crippen molar-refractivity contribution < 1.29 is 9.53 Å². The van der Waals surface area contributed by atoms with E-state index in [4.69, 9.17) is 10.00 Å². The van der Waals surface area contributed by atoms with Gasteiger partial charge in [0.2, 0.25) is 0 Å². The maximum Gasteiger partial charge on any atom is 0.358 e. The van der Waals surface area contributed by atoms with Gasteiger partial charge in [0.05, 0.1) is 24.8 Å². The molecule has 1 aromatic carbocycles. The van der Waals surface area contributed by atoms with Gasteiger partial charge in [-0.1, -0.05) is 12.1 Å². The molecule has 0 atom stereocenters. The van der Waals surface area contributed by atoms with Gasteiger partial charge in [0.1, 0.15) is 0 Å². The molecule has 0 aliphatic heterocycles. The molecule has 0 aliphatic carbocycles. The summed E-state index contributed by atoms with van der Waals surface area (Å²) in [5.74, 6) is -0.416. The number of carbonyl (C=O) groups excluding carboxylic acids is 1. The Labute approximate surface area is 111 Å². The molecule has 0 saturated heterocycles. The predicted molar refractivity (Wildman–Crippen MR) is 68.4 cm³/mol. The van der Waals surface area contributed by atoms with Gasteiger partial charge in [-0.15, -0.1) is 0 Å². The van der Waals surface area contributed by atoms with Crippen molar-refractivity contribution in [3.05, 3.63) is 53.3 Å². The van der Waals surface area contributed by atoms with E-state index in [2.05, 4.69) is 11.2 Å². The minimum absolute atomic E-state index is 0.301. The Balaban J connectivity index is 2.07. The first kappa shape index (κ1) is 12.8. The van der Waals surface area contributed by atoms with Crippen molar-refractivity contribution in [2.45, 2.75) is 13.5 Å². The zero-order chi connectivity index (χ0) is 13.7. The smallest absolute Gasteiger partial charge is 0.358 e. The van der Waals surface area contributed by atoms with Crippen molar-refractivity contribution in [2.24, 2.45) is 0 Å².